The van der Waals surface area contributed by atoms with Crippen LogP contribution in [0.25, 0.3) is 0 Å². The van der Waals surface area contributed by atoms with E-state index in [1.54, 1.807) is 7.11 Å². The maximum absolute atomic E-state index is 9.19. The molecule has 0 aliphatic heterocycles. The fraction of sp³-hybridized carbons (Fsp3) is 0.650. The predicted molar refractivity (Wildman–Crippen MR) is 107 cm³/mol. The second-order valence-electron chi connectivity index (χ2n) is 6.98. The topological polar surface area (TPSA) is 75.1 Å². The molecule has 0 unspecified atom stereocenters. The average molecular weight is 366 g/mol. The third-order valence-corrected chi connectivity index (χ3v) is 4.06. The first-order valence-electron chi connectivity index (χ1n) is 9.34. The highest BCUT2D eigenvalue weighted by atomic mass is 16.5. The third kappa shape index (κ3) is 9.63. The number of aliphatic hydroxyl groups excluding tert-OH is 1. The Bertz CT molecular complexity index is 516. The van der Waals surface area contributed by atoms with Crippen molar-refractivity contribution in [3.8, 4) is 5.75 Å². The van der Waals surface area contributed by atoms with Crippen molar-refractivity contribution in [2.24, 2.45) is 10.4 Å². The van der Waals surface area contributed by atoms with E-state index in [0.717, 1.165) is 56.4 Å². The van der Waals surface area contributed by atoms with Crippen LogP contribution in [0.2, 0.25) is 0 Å². The number of guanidine groups is 1. The van der Waals surface area contributed by atoms with Crippen molar-refractivity contribution in [3.05, 3.63) is 29.8 Å². The van der Waals surface area contributed by atoms with Crippen LogP contribution in [0, 0.1) is 5.41 Å². The van der Waals surface area contributed by atoms with E-state index >= 15 is 0 Å². The molecule has 1 aromatic carbocycles. The van der Waals surface area contributed by atoms with Gasteiger partial charge in [-0.1, -0.05) is 26.0 Å². The molecule has 0 radical (unpaired) electrons. The van der Waals surface area contributed by atoms with Crippen LogP contribution in [0.1, 0.15) is 39.2 Å². The van der Waals surface area contributed by atoms with E-state index in [4.69, 9.17) is 9.47 Å². The smallest absolute Gasteiger partial charge is 0.191 e. The van der Waals surface area contributed by atoms with Crippen LogP contribution < -0.4 is 15.4 Å². The Hall–Kier alpha value is -1.79. The van der Waals surface area contributed by atoms with Crippen molar-refractivity contribution in [2.45, 2.75) is 40.2 Å². The summed E-state index contributed by atoms with van der Waals surface area (Å²) in [4.78, 5) is 4.68. The molecule has 0 saturated heterocycles. The van der Waals surface area contributed by atoms with E-state index in [-0.39, 0.29) is 12.0 Å². The number of hydrogen-bond donors (Lipinski definition) is 3. The first kappa shape index (κ1) is 22.3. The van der Waals surface area contributed by atoms with Gasteiger partial charge in [0.1, 0.15) is 5.75 Å². The number of nitrogens with zero attached hydrogens (tertiary/aromatic N) is 1. The molecule has 148 valence electrons. The van der Waals surface area contributed by atoms with Gasteiger partial charge in [0.2, 0.25) is 0 Å². The first-order valence-corrected chi connectivity index (χ1v) is 9.34. The highest BCUT2D eigenvalue weighted by Crippen LogP contribution is 2.18. The molecule has 6 heteroatoms. The lowest BCUT2D eigenvalue weighted by atomic mass is 9.90. The van der Waals surface area contributed by atoms with Crippen LogP contribution in [0.4, 0.5) is 0 Å². The minimum absolute atomic E-state index is 0.00261. The molecule has 6 nitrogen and oxygen atoms in total. The van der Waals surface area contributed by atoms with Crippen LogP contribution in [-0.4, -0.2) is 51.1 Å². The van der Waals surface area contributed by atoms with Gasteiger partial charge in [-0.3, -0.25) is 0 Å². The Morgan fingerprint density at radius 2 is 1.92 bits per heavy atom. The van der Waals surface area contributed by atoms with Gasteiger partial charge in [-0.05, 0) is 42.9 Å². The minimum atomic E-state index is 0.00261. The van der Waals surface area contributed by atoms with Crippen molar-refractivity contribution in [1.82, 2.24) is 10.6 Å². The van der Waals surface area contributed by atoms with E-state index < -0.39 is 0 Å². The number of aliphatic imine (C=N–C) groups is 1. The molecule has 0 amide bonds. The molecular formula is C20H35N3O3. The largest absolute Gasteiger partial charge is 0.497 e. The number of rotatable bonds is 12. The van der Waals surface area contributed by atoms with Gasteiger partial charge in [-0.15, -0.1) is 0 Å². The third-order valence-electron chi connectivity index (χ3n) is 4.06. The number of methoxy groups -OCH3 is 1. The zero-order valence-electron chi connectivity index (χ0n) is 16.7. The summed E-state index contributed by atoms with van der Waals surface area (Å²) in [5.41, 5.74) is 1.12. The van der Waals surface area contributed by atoms with E-state index in [0.29, 0.717) is 6.54 Å². The maximum Gasteiger partial charge on any atom is 0.191 e. The lowest BCUT2D eigenvalue weighted by Crippen LogP contribution is -2.42. The molecule has 0 spiro atoms. The van der Waals surface area contributed by atoms with Crippen molar-refractivity contribution in [2.75, 3.05) is 40.0 Å². The van der Waals surface area contributed by atoms with Gasteiger partial charge in [0.15, 0.2) is 5.96 Å². The predicted octanol–water partition coefficient (Wildman–Crippen LogP) is 2.57. The Morgan fingerprint density at radius 3 is 2.54 bits per heavy atom. The Kier molecular flexibility index (Phi) is 10.7. The molecule has 0 aliphatic rings. The summed E-state index contributed by atoms with van der Waals surface area (Å²) in [5, 5.41) is 15.9. The molecule has 0 atom stereocenters. The Balaban J connectivity index is 2.61. The zero-order chi connectivity index (χ0) is 19.3. The molecule has 0 fully saturated rings. The van der Waals surface area contributed by atoms with Gasteiger partial charge < -0.3 is 25.2 Å². The number of aliphatic hydroxyl groups is 1. The number of benzene rings is 1. The molecule has 1 aromatic rings. The summed E-state index contributed by atoms with van der Waals surface area (Å²) < 4.78 is 10.6. The lowest BCUT2D eigenvalue weighted by Gasteiger charge is -2.25. The maximum atomic E-state index is 9.19. The van der Waals surface area contributed by atoms with Crippen LogP contribution in [0.5, 0.6) is 5.75 Å². The van der Waals surface area contributed by atoms with Crippen LogP contribution in [0.3, 0.4) is 0 Å². The fourth-order valence-corrected chi connectivity index (χ4v) is 2.32. The lowest BCUT2D eigenvalue weighted by molar-refractivity contribution is 0.145. The summed E-state index contributed by atoms with van der Waals surface area (Å²) in [7, 11) is 1.66. The normalized spacial score (nSPS) is 12.1. The average Bonchev–Trinajstić information content (AvgIpc) is 2.63. The highest BCUT2D eigenvalue weighted by molar-refractivity contribution is 5.79. The van der Waals surface area contributed by atoms with Crippen LogP contribution in [0.15, 0.2) is 29.3 Å². The van der Waals surface area contributed by atoms with Crippen molar-refractivity contribution < 1.29 is 14.6 Å². The van der Waals surface area contributed by atoms with Gasteiger partial charge in [0.05, 0.1) is 13.7 Å². The van der Waals surface area contributed by atoms with E-state index in [1.165, 1.54) is 0 Å². The molecule has 0 aromatic heterocycles. The standard InChI is InChI=1S/C20H35N3O3/c1-5-26-14-6-12-21-19(23-16-20(2,3)11-13-24)22-15-17-7-9-18(25-4)10-8-17/h7-10,24H,5-6,11-16H2,1-4H3,(H2,21,22,23). The molecule has 3 N–H and O–H groups in total. The molecule has 0 heterocycles. The Labute approximate surface area is 158 Å². The van der Waals surface area contributed by atoms with E-state index in [1.807, 2.05) is 31.2 Å². The SMILES string of the molecule is CCOCCCNC(=NCc1ccc(OC)cc1)NCC(C)(C)CCO. The van der Waals surface area contributed by atoms with E-state index in [9.17, 15) is 5.11 Å². The van der Waals surface area contributed by atoms with Gasteiger partial charge in [-0.25, -0.2) is 4.99 Å². The quantitative estimate of drug-likeness (QED) is 0.302. The van der Waals surface area contributed by atoms with Gasteiger partial charge >= 0.3 is 0 Å². The monoisotopic (exact) mass is 365 g/mol. The molecule has 26 heavy (non-hydrogen) atoms. The summed E-state index contributed by atoms with van der Waals surface area (Å²) in [5.74, 6) is 1.62. The molecule has 0 bridgehead atoms. The second-order valence-corrected chi connectivity index (χ2v) is 6.98. The van der Waals surface area contributed by atoms with Gasteiger partial charge in [0, 0.05) is 32.9 Å². The second kappa shape index (κ2) is 12.5. The van der Waals surface area contributed by atoms with Gasteiger partial charge in [-0.2, -0.15) is 0 Å². The van der Waals surface area contributed by atoms with Crippen LogP contribution >= 0.6 is 0 Å². The van der Waals surface area contributed by atoms with Crippen molar-refractivity contribution in [1.29, 1.82) is 0 Å². The van der Waals surface area contributed by atoms with E-state index in [2.05, 4.69) is 29.5 Å². The summed E-state index contributed by atoms with van der Waals surface area (Å²) in [6, 6.07) is 7.92. The van der Waals surface area contributed by atoms with Crippen molar-refractivity contribution >= 4 is 5.96 Å². The molecule has 0 aliphatic carbocycles. The van der Waals surface area contributed by atoms with Crippen molar-refractivity contribution in [3.63, 3.8) is 0 Å². The number of hydrogen-bond acceptors (Lipinski definition) is 4. The zero-order valence-corrected chi connectivity index (χ0v) is 16.7. The summed E-state index contributed by atoms with van der Waals surface area (Å²) in [6.45, 7) is 10.1. The minimum Gasteiger partial charge on any atom is -0.497 e. The molecular weight excluding hydrogens is 330 g/mol. The highest BCUT2D eigenvalue weighted by Gasteiger charge is 2.17. The molecule has 0 saturated carbocycles. The summed E-state index contributed by atoms with van der Waals surface area (Å²) in [6.07, 6.45) is 1.67. The van der Waals surface area contributed by atoms with Crippen LogP contribution in [-0.2, 0) is 11.3 Å². The summed E-state index contributed by atoms with van der Waals surface area (Å²) >= 11 is 0. The van der Waals surface area contributed by atoms with Gasteiger partial charge in [0.25, 0.3) is 0 Å². The number of ether oxygens (including phenoxy) is 2. The fourth-order valence-electron chi connectivity index (χ4n) is 2.32. The molecule has 1 rings (SSSR count). The Morgan fingerprint density at radius 1 is 1.19 bits per heavy atom. The number of nitrogens with one attached hydrogen (secondary N) is 2. The first-order chi connectivity index (χ1) is 12.5.